The number of hydrogen-bond donors (Lipinski definition) is 12. The number of sulfonamides is 3. The number of carbonyl (C=O) groups excluding carboxylic acids is 1. The van der Waals surface area contributed by atoms with Crippen molar-refractivity contribution in [2.75, 3.05) is 157 Å². The number of rotatable bonds is 42. The lowest BCUT2D eigenvalue weighted by Crippen LogP contribution is -2.45. The smallest absolute Gasteiger partial charge is 0.407 e. The molecule has 3 fully saturated rings. The molecule has 6 atom stereocenters. The van der Waals surface area contributed by atoms with Gasteiger partial charge in [0.1, 0.15) is 5.60 Å². The molecule has 5 heterocycles. The Morgan fingerprint density at radius 3 is 1.08 bits per heavy atom. The molecule has 0 aliphatic carbocycles. The molecule has 4 aliphatic rings. The van der Waals surface area contributed by atoms with E-state index in [1.807, 2.05) is 20.8 Å². The van der Waals surface area contributed by atoms with Crippen LogP contribution in [0.4, 0.5) is 61.7 Å². The molecular weight excluding hydrogens is 2000 g/mol. The third kappa shape index (κ3) is 49.5. The van der Waals surface area contributed by atoms with Gasteiger partial charge >= 0.3 is 6.09 Å². The minimum atomic E-state index is -3.26. The van der Waals surface area contributed by atoms with E-state index in [1.165, 1.54) is 82.0 Å². The standard InChI is InChI=1S/C24H42N4O4S.C23H33N3O2S.C21H37N3O3S.C19H23N3.C15H26N4.2C4H10O2S.2ClH/c1-23(2,3)32-22(29)27-20-14-17-28(18-20)21-12-10-19(11-13-21)25-15-8-7-9-16-26-33(30,31)24(4,5)6;1-23(2,3)29(27,28)25-17-8-4-7-16-24-20-11-13-21(14-12-20)26-18-15-19-9-5-6-10-22(19)26;1-17-15-24(16-18(2)27-17)20-11-9-19(10-12-20)22-13-7-6-8-14-23-28(25,26)21(3,4)5;20-13-4-1-5-14-21-17-8-10-18(11-9-17)22-15-12-16-6-2-3-7-19(16)22;16-9-2-1-3-10-18-14-4-6-15(7-5-14)19-11-8-13(17)12-19;2*1-4(2,3)7(5)6;;/h10-13,20,25-26H,7-9,14-18H2,1-6H3,(H,27,29);5-6,9-14,24-25H,4,7-8,15-18H2,1-3H3;9-12,17-18,22-23H,6-8,13-16H2,1-5H3;2-3,6-12,15,21H,1,4-5,13-14,20H2;4-7,13,18H,1-3,8-12,16-17H2;2*1-3H3,(H,5,6);2*1H/p-2/t;;17-,18+;;;;;;. The normalized spacial score (nSPS) is 16.3. The van der Waals surface area contributed by atoms with Gasteiger partial charge in [0.05, 0.1) is 38.0 Å². The quantitative estimate of drug-likeness (QED) is 0.0125. The first-order valence-electron chi connectivity index (χ1n) is 52.0. The van der Waals surface area contributed by atoms with E-state index in [0.717, 1.165) is 204 Å². The van der Waals surface area contributed by atoms with Crippen molar-refractivity contribution in [3.05, 3.63) is 188 Å². The van der Waals surface area contributed by atoms with Crippen molar-refractivity contribution in [3.63, 3.8) is 0 Å². The lowest BCUT2D eigenvalue weighted by atomic mass is 10.2. The van der Waals surface area contributed by atoms with Crippen LogP contribution in [0.2, 0.25) is 0 Å². The second-order valence-electron chi connectivity index (χ2n) is 43.5. The van der Waals surface area contributed by atoms with Crippen molar-refractivity contribution < 1.29 is 57.0 Å². The van der Waals surface area contributed by atoms with Crippen LogP contribution in [0.15, 0.2) is 182 Å². The summed E-state index contributed by atoms with van der Waals surface area (Å²) in [6.45, 7) is 49.4. The first-order valence-corrected chi connectivity index (χ1v) is 58.6. The van der Waals surface area contributed by atoms with Crippen LogP contribution in [-0.4, -0.2) is 218 Å². The maximum atomic E-state index is 12.0. The Bertz CT molecular complexity index is 5420. The lowest BCUT2D eigenvalue weighted by Gasteiger charge is -2.36. The van der Waals surface area contributed by atoms with Crippen molar-refractivity contribution in [1.29, 1.82) is 0 Å². The molecule has 3 saturated heterocycles. The number of morpholine rings is 1. The van der Waals surface area contributed by atoms with Crippen molar-refractivity contribution in [1.82, 2.24) is 24.1 Å². The molecule has 147 heavy (non-hydrogen) atoms. The summed E-state index contributed by atoms with van der Waals surface area (Å²) in [6, 6.07) is 62.4. The summed E-state index contributed by atoms with van der Waals surface area (Å²) in [5.41, 5.74) is 32.1. The largest absolute Gasteiger partial charge is 0.772 e. The number of nitrogens with one attached hydrogen (secondary N) is 9. The van der Waals surface area contributed by atoms with Crippen molar-refractivity contribution in [2.24, 2.45) is 17.2 Å². The highest BCUT2D eigenvalue weighted by atomic mass is 35.5. The van der Waals surface area contributed by atoms with E-state index >= 15 is 0 Å². The summed E-state index contributed by atoms with van der Waals surface area (Å²) < 4.78 is 130. The van der Waals surface area contributed by atoms with Crippen LogP contribution >= 0.6 is 24.8 Å². The molecule has 37 heteroatoms. The zero-order valence-electron chi connectivity index (χ0n) is 91.5. The Labute approximate surface area is 901 Å². The number of nitrogens with zero attached hydrogens (tertiary/aromatic N) is 5. The van der Waals surface area contributed by atoms with E-state index in [2.05, 4.69) is 266 Å². The van der Waals surface area contributed by atoms with E-state index in [4.69, 9.17) is 26.7 Å². The second-order valence-corrected chi connectivity index (χ2v) is 54.4. The highest BCUT2D eigenvalue weighted by Crippen LogP contribution is 2.36. The first-order chi connectivity index (χ1) is 68.2. The number of alkyl carbamates (subject to hydrolysis) is 1. The van der Waals surface area contributed by atoms with E-state index in [9.17, 15) is 47.6 Å². The van der Waals surface area contributed by atoms with Gasteiger partial charge in [0.25, 0.3) is 0 Å². The Morgan fingerprint density at radius 1 is 0.401 bits per heavy atom. The number of nitrogens with two attached hydrogens (primary N) is 3. The number of hydrogen-bond acceptors (Lipinski definition) is 25. The van der Waals surface area contributed by atoms with Gasteiger partial charge in [-0.3, -0.25) is 8.42 Å². The number of aromatic nitrogens is 1. The van der Waals surface area contributed by atoms with E-state index in [1.54, 1.807) is 104 Å². The van der Waals surface area contributed by atoms with Gasteiger partial charge in [0.2, 0.25) is 30.1 Å². The Hall–Kier alpha value is -8.08. The van der Waals surface area contributed by atoms with Crippen LogP contribution in [0.1, 0.15) is 253 Å². The van der Waals surface area contributed by atoms with Gasteiger partial charge in [-0.1, -0.05) is 68.5 Å². The van der Waals surface area contributed by atoms with Crippen molar-refractivity contribution in [3.8, 4) is 5.69 Å². The van der Waals surface area contributed by atoms with Gasteiger partial charge in [-0.05, 0) is 408 Å². The molecule has 15 N–H and O–H groups in total. The maximum absolute atomic E-state index is 12.0. The van der Waals surface area contributed by atoms with Crippen LogP contribution in [0, 0.1) is 0 Å². The minimum Gasteiger partial charge on any atom is -0.772 e. The maximum Gasteiger partial charge on any atom is 0.407 e. The lowest BCUT2D eigenvalue weighted by molar-refractivity contribution is -0.00523. The molecule has 1 amide bonds. The molecule has 8 aromatic rings. The first kappa shape index (κ1) is 131. The van der Waals surface area contributed by atoms with Crippen molar-refractivity contribution >= 4 is 151 Å². The molecule has 0 bridgehead atoms. The van der Waals surface area contributed by atoms with E-state index < -0.39 is 81.6 Å². The average molecular weight is 2180 g/mol. The number of unbranched alkanes of at least 4 members (excludes halogenated alkanes) is 10. The molecule has 1 aromatic heterocycles. The molecule has 0 radical (unpaired) electrons. The molecule has 12 rings (SSSR count). The number of anilines is 10. The number of carbonyl (C=O) groups is 1. The molecular formula is C110H181Cl2N17O13S5-2. The zero-order chi connectivity index (χ0) is 107. The fourth-order valence-electron chi connectivity index (χ4n) is 15.4. The Morgan fingerprint density at radius 2 is 0.728 bits per heavy atom. The van der Waals surface area contributed by atoms with E-state index in [-0.39, 0.29) is 49.2 Å². The van der Waals surface area contributed by atoms with E-state index in [0.29, 0.717) is 25.7 Å². The summed E-state index contributed by atoms with van der Waals surface area (Å²) in [5.74, 6) is 0. The van der Waals surface area contributed by atoms with Crippen LogP contribution in [-0.2, 0) is 68.1 Å². The number of amides is 1. The highest BCUT2D eigenvalue weighted by molar-refractivity contribution is 7.91. The Kier molecular flexibility index (Phi) is 57.7. The van der Waals surface area contributed by atoms with Gasteiger partial charge in [-0.2, -0.15) is 0 Å². The molecule has 4 unspecified atom stereocenters. The molecule has 0 spiro atoms. The third-order valence-corrected chi connectivity index (χ3v) is 32.9. The molecule has 4 aliphatic heterocycles. The average Bonchev–Trinajstić information content (AvgIpc) is 1.66. The number of halogens is 2. The van der Waals surface area contributed by atoms with Gasteiger partial charge < -0.3 is 91.8 Å². The number of para-hydroxylation sites is 2. The van der Waals surface area contributed by atoms with Crippen molar-refractivity contribution in [2.45, 2.75) is 308 Å². The fourth-order valence-corrected chi connectivity index (χ4v) is 17.9. The number of benzene rings is 7. The molecule has 830 valence electrons. The SMILES string of the molecule is CC(C)(C)OC(=O)NC1CCN(c2ccc(NCCCCCNS(=O)(=O)C(C)(C)C)cc2)C1.CC(C)(C)S(=O)(=O)NCCCCCNc1ccc(N2CCc3ccccc32)cc1.CC(C)(C)S(=O)[O-].CC(C)(C)S(=O)[O-].C[C@@H]1CN(c2ccc(NCCCCCNS(=O)(=O)C(C)(C)C)cc2)C[C@H](C)O1.Cl.Cl.NCCCCCNc1ccc(-n2ccc3ccccc32)cc1.NCCCCCNc1ccc(N2CCC(N)C2)cc1. The van der Waals surface area contributed by atoms with Gasteiger partial charge in [0.15, 0.2) is 0 Å². The van der Waals surface area contributed by atoms with Crippen LogP contribution in [0.3, 0.4) is 0 Å². The summed E-state index contributed by atoms with van der Waals surface area (Å²) in [5, 5.41) is 21.5. The fraction of sp³-hybridized carbons (Fsp3) is 0.591. The second kappa shape index (κ2) is 64.7. The highest BCUT2D eigenvalue weighted by Gasteiger charge is 2.32. The predicted octanol–water partition coefficient (Wildman–Crippen LogP) is 20.5. The zero-order valence-corrected chi connectivity index (χ0v) is 97.2. The monoisotopic (exact) mass is 2180 g/mol. The van der Waals surface area contributed by atoms with Crippen LogP contribution in [0.5, 0.6) is 0 Å². The van der Waals surface area contributed by atoms with Crippen LogP contribution < -0.4 is 82.9 Å². The van der Waals surface area contributed by atoms with Gasteiger partial charge in [0, 0.05) is 182 Å². The Balaban J connectivity index is 0.000000372. The number of ether oxygens (including phenoxy) is 2. The molecule has 0 saturated carbocycles. The van der Waals surface area contributed by atoms with Gasteiger partial charge in [-0.25, -0.2) is 44.2 Å². The van der Waals surface area contributed by atoms with Gasteiger partial charge in [-0.15, -0.1) is 24.8 Å². The number of fused-ring (bicyclic) bond motifs is 2. The molecule has 30 nitrogen and oxygen atoms in total. The minimum absolute atomic E-state index is 0. The molecule has 7 aromatic carbocycles. The topological polar surface area (TPSA) is 422 Å². The summed E-state index contributed by atoms with van der Waals surface area (Å²) >= 11 is -3.87. The predicted molar refractivity (Wildman–Crippen MR) is 625 cm³/mol. The van der Waals surface area contributed by atoms with Crippen LogP contribution in [0.25, 0.3) is 16.6 Å². The summed E-state index contributed by atoms with van der Waals surface area (Å²) in [6.07, 6.45) is 20.8. The third-order valence-electron chi connectivity index (χ3n) is 24.3. The summed E-state index contributed by atoms with van der Waals surface area (Å²) in [7, 11) is -9.72. The summed E-state index contributed by atoms with van der Waals surface area (Å²) in [4.78, 5) is 21.4.